The number of carbonyl (C=O) groups excluding carboxylic acids is 1. The highest BCUT2D eigenvalue weighted by Gasteiger charge is 2.16. The SMILES string of the molecule is Cc1ccc(OCC(=O)N2CCSCC2)cc1. The van der Waals surface area contributed by atoms with Gasteiger partial charge in [-0.05, 0) is 19.1 Å². The Labute approximate surface area is 106 Å². The molecule has 1 amide bonds. The van der Waals surface area contributed by atoms with Crippen LogP contribution in [0.2, 0.25) is 0 Å². The van der Waals surface area contributed by atoms with Crippen molar-refractivity contribution in [3.8, 4) is 5.75 Å². The summed E-state index contributed by atoms with van der Waals surface area (Å²) in [5, 5.41) is 0. The smallest absolute Gasteiger partial charge is 0.260 e. The number of amides is 1. The summed E-state index contributed by atoms with van der Waals surface area (Å²) in [7, 11) is 0. The van der Waals surface area contributed by atoms with Crippen LogP contribution in [-0.2, 0) is 4.79 Å². The van der Waals surface area contributed by atoms with Crippen molar-refractivity contribution in [2.75, 3.05) is 31.2 Å². The molecule has 92 valence electrons. The summed E-state index contributed by atoms with van der Waals surface area (Å²) < 4.78 is 5.48. The van der Waals surface area contributed by atoms with E-state index in [-0.39, 0.29) is 12.5 Å². The van der Waals surface area contributed by atoms with Crippen LogP contribution >= 0.6 is 11.8 Å². The summed E-state index contributed by atoms with van der Waals surface area (Å²) in [6.07, 6.45) is 0. The van der Waals surface area contributed by atoms with Gasteiger partial charge in [-0.25, -0.2) is 0 Å². The number of ether oxygens (including phenoxy) is 1. The van der Waals surface area contributed by atoms with Crippen LogP contribution in [0.25, 0.3) is 0 Å². The van der Waals surface area contributed by atoms with Crippen molar-refractivity contribution < 1.29 is 9.53 Å². The van der Waals surface area contributed by atoms with E-state index < -0.39 is 0 Å². The number of carbonyl (C=O) groups is 1. The van der Waals surface area contributed by atoms with E-state index in [4.69, 9.17) is 4.74 Å². The number of benzene rings is 1. The van der Waals surface area contributed by atoms with Crippen LogP contribution in [0, 0.1) is 6.92 Å². The normalized spacial score (nSPS) is 15.7. The minimum Gasteiger partial charge on any atom is -0.484 e. The summed E-state index contributed by atoms with van der Waals surface area (Å²) in [5.74, 6) is 2.92. The lowest BCUT2D eigenvalue weighted by Gasteiger charge is -2.26. The zero-order valence-corrected chi connectivity index (χ0v) is 10.8. The maximum Gasteiger partial charge on any atom is 0.260 e. The predicted molar refractivity (Wildman–Crippen MR) is 70.6 cm³/mol. The highest BCUT2D eigenvalue weighted by Crippen LogP contribution is 2.13. The number of rotatable bonds is 3. The number of nitrogens with zero attached hydrogens (tertiary/aromatic N) is 1. The largest absolute Gasteiger partial charge is 0.484 e. The Morgan fingerprint density at radius 1 is 1.29 bits per heavy atom. The van der Waals surface area contributed by atoms with Crippen LogP contribution in [0.4, 0.5) is 0 Å². The molecule has 0 aromatic heterocycles. The fourth-order valence-electron chi connectivity index (χ4n) is 1.68. The van der Waals surface area contributed by atoms with Crippen LogP contribution < -0.4 is 4.74 Å². The van der Waals surface area contributed by atoms with Crippen LogP contribution in [-0.4, -0.2) is 42.0 Å². The summed E-state index contributed by atoms with van der Waals surface area (Å²) in [5.41, 5.74) is 1.19. The van der Waals surface area contributed by atoms with Gasteiger partial charge in [-0.3, -0.25) is 4.79 Å². The Bertz CT molecular complexity index is 372. The Kier molecular flexibility index (Phi) is 4.31. The van der Waals surface area contributed by atoms with Gasteiger partial charge in [0.05, 0.1) is 0 Å². The predicted octanol–water partition coefficient (Wildman–Crippen LogP) is 1.95. The molecule has 2 rings (SSSR count). The number of thioether (sulfide) groups is 1. The van der Waals surface area contributed by atoms with Crippen LogP contribution in [0.15, 0.2) is 24.3 Å². The first-order valence-electron chi connectivity index (χ1n) is 5.81. The summed E-state index contributed by atoms with van der Waals surface area (Å²) in [6, 6.07) is 7.76. The molecule has 0 radical (unpaired) electrons. The Hall–Kier alpha value is -1.16. The molecule has 0 saturated carbocycles. The average molecular weight is 251 g/mol. The third-order valence-corrected chi connectivity index (χ3v) is 3.69. The van der Waals surface area contributed by atoms with Gasteiger partial charge in [-0.2, -0.15) is 11.8 Å². The van der Waals surface area contributed by atoms with Gasteiger partial charge in [-0.15, -0.1) is 0 Å². The van der Waals surface area contributed by atoms with E-state index in [1.165, 1.54) is 5.56 Å². The van der Waals surface area contributed by atoms with E-state index in [1.807, 2.05) is 47.9 Å². The van der Waals surface area contributed by atoms with E-state index in [0.29, 0.717) is 0 Å². The zero-order chi connectivity index (χ0) is 12.1. The lowest BCUT2D eigenvalue weighted by Crippen LogP contribution is -2.40. The van der Waals surface area contributed by atoms with Gasteiger partial charge in [0.15, 0.2) is 6.61 Å². The number of hydrogen-bond donors (Lipinski definition) is 0. The summed E-state index contributed by atoms with van der Waals surface area (Å²) in [6.45, 7) is 3.87. The molecule has 0 bridgehead atoms. The maximum atomic E-state index is 11.8. The number of aryl methyl sites for hydroxylation is 1. The van der Waals surface area contributed by atoms with Gasteiger partial charge in [0.25, 0.3) is 5.91 Å². The highest BCUT2D eigenvalue weighted by atomic mass is 32.2. The van der Waals surface area contributed by atoms with Gasteiger partial charge in [-0.1, -0.05) is 17.7 Å². The molecule has 1 saturated heterocycles. The standard InChI is InChI=1S/C13H17NO2S/c1-11-2-4-12(5-3-11)16-10-13(15)14-6-8-17-9-7-14/h2-5H,6-10H2,1H3. The molecule has 1 aromatic rings. The first-order chi connectivity index (χ1) is 8.25. The van der Waals surface area contributed by atoms with Crippen LogP contribution in [0.3, 0.4) is 0 Å². The molecule has 17 heavy (non-hydrogen) atoms. The van der Waals surface area contributed by atoms with Crippen molar-refractivity contribution in [2.45, 2.75) is 6.92 Å². The third-order valence-electron chi connectivity index (χ3n) is 2.75. The van der Waals surface area contributed by atoms with Crippen LogP contribution in [0.1, 0.15) is 5.56 Å². The first-order valence-corrected chi connectivity index (χ1v) is 6.96. The molecule has 0 aliphatic carbocycles. The topological polar surface area (TPSA) is 29.5 Å². The van der Waals surface area contributed by atoms with Crippen LogP contribution in [0.5, 0.6) is 5.75 Å². The molecule has 0 N–H and O–H groups in total. The van der Waals surface area contributed by atoms with Crippen molar-refractivity contribution in [2.24, 2.45) is 0 Å². The van der Waals surface area contributed by atoms with E-state index >= 15 is 0 Å². The molecule has 1 heterocycles. The summed E-state index contributed by atoms with van der Waals surface area (Å²) >= 11 is 1.90. The minimum atomic E-state index is 0.0888. The van der Waals surface area contributed by atoms with Gasteiger partial charge in [0.1, 0.15) is 5.75 Å². The second-order valence-corrected chi connectivity index (χ2v) is 5.32. The molecule has 0 atom stereocenters. The second-order valence-electron chi connectivity index (χ2n) is 4.09. The average Bonchev–Trinajstić information content (AvgIpc) is 2.39. The molecule has 1 aromatic carbocycles. The molecule has 0 spiro atoms. The molecular weight excluding hydrogens is 234 g/mol. The molecule has 1 aliphatic rings. The van der Waals surface area contributed by atoms with Gasteiger partial charge in [0, 0.05) is 24.6 Å². The lowest BCUT2D eigenvalue weighted by atomic mass is 10.2. The van der Waals surface area contributed by atoms with E-state index in [1.54, 1.807) is 0 Å². The molecule has 1 fully saturated rings. The van der Waals surface area contributed by atoms with Crippen molar-refractivity contribution >= 4 is 17.7 Å². The number of hydrogen-bond acceptors (Lipinski definition) is 3. The quantitative estimate of drug-likeness (QED) is 0.822. The zero-order valence-electron chi connectivity index (χ0n) is 10.0. The van der Waals surface area contributed by atoms with Gasteiger partial charge in [0.2, 0.25) is 0 Å². The van der Waals surface area contributed by atoms with E-state index in [2.05, 4.69) is 0 Å². The van der Waals surface area contributed by atoms with Crippen molar-refractivity contribution in [1.29, 1.82) is 0 Å². The first kappa shape index (κ1) is 12.3. The Morgan fingerprint density at radius 3 is 2.59 bits per heavy atom. The van der Waals surface area contributed by atoms with E-state index in [0.717, 1.165) is 30.3 Å². The fourth-order valence-corrected chi connectivity index (χ4v) is 2.59. The molecule has 3 nitrogen and oxygen atoms in total. The van der Waals surface area contributed by atoms with Crippen molar-refractivity contribution in [3.63, 3.8) is 0 Å². The van der Waals surface area contributed by atoms with Gasteiger partial charge >= 0.3 is 0 Å². The second kappa shape index (κ2) is 5.96. The molecule has 0 unspecified atom stereocenters. The van der Waals surface area contributed by atoms with Crippen molar-refractivity contribution in [1.82, 2.24) is 4.90 Å². The molecular formula is C13H17NO2S. The third kappa shape index (κ3) is 3.66. The highest BCUT2D eigenvalue weighted by molar-refractivity contribution is 7.99. The monoisotopic (exact) mass is 251 g/mol. The minimum absolute atomic E-state index is 0.0888. The van der Waals surface area contributed by atoms with E-state index in [9.17, 15) is 4.79 Å². The molecule has 1 aliphatic heterocycles. The Balaban J connectivity index is 1.81. The summed E-state index contributed by atoms with van der Waals surface area (Å²) in [4.78, 5) is 13.7. The Morgan fingerprint density at radius 2 is 1.94 bits per heavy atom. The maximum absolute atomic E-state index is 11.8. The van der Waals surface area contributed by atoms with Crippen molar-refractivity contribution in [3.05, 3.63) is 29.8 Å². The van der Waals surface area contributed by atoms with Gasteiger partial charge < -0.3 is 9.64 Å². The fraction of sp³-hybridized carbons (Fsp3) is 0.462. The molecule has 4 heteroatoms. The lowest BCUT2D eigenvalue weighted by molar-refractivity contribution is -0.132.